The van der Waals surface area contributed by atoms with Gasteiger partial charge in [-0.2, -0.15) is 0 Å². The minimum Gasteiger partial charge on any atom is -0.493 e. The van der Waals surface area contributed by atoms with Gasteiger partial charge in [0, 0.05) is 12.0 Å². The Labute approximate surface area is 131 Å². The van der Waals surface area contributed by atoms with Crippen LogP contribution in [0.15, 0.2) is 18.2 Å². The standard InChI is InChI=1S/C19H33NO/c1-8-11-20-13-19(6,7)14-21-17-10-9-16(12-15(17)2)18(3,4)5/h9-10,12,20H,8,11,13-14H2,1-7H3. The van der Waals surface area contributed by atoms with Crippen molar-refractivity contribution in [3.05, 3.63) is 29.3 Å². The van der Waals surface area contributed by atoms with Gasteiger partial charge in [-0.3, -0.25) is 0 Å². The van der Waals surface area contributed by atoms with E-state index in [2.05, 4.69) is 72.0 Å². The molecule has 0 radical (unpaired) electrons. The Morgan fingerprint density at radius 3 is 2.29 bits per heavy atom. The van der Waals surface area contributed by atoms with E-state index in [1.807, 2.05) is 0 Å². The third-order valence-corrected chi connectivity index (χ3v) is 3.69. The summed E-state index contributed by atoms with van der Waals surface area (Å²) in [6, 6.07) is 6.55. The van der Waals surface area contributed by atoms with Gasteiger partial charge >= 0.3 is 0 Å². The molecule has 2 nitrogen and oxygen atoms in total. The van der Waals surface area contributed by atoms with Crippen molar-refractivity contribution in [3.63, 3.8) is 0 Å². The first-order valence-electron chi connectivity index (χ1n) is 8.10. The van der Waals surface area contributed by atoms with Crippen LogP contribution in [0.4, 0.5) is 0 Å². The molecule has 1 aromatic carbocycles. The molecule has 21 heavy (non-hydrogen) atoms. The summed E-state index contributed by atoms with van der Waals surface area (Å²) in [5.74, 6) is 1.01. The first-order valence-corrected chi connectivity index (χ1v) is 8.10. The second-order valence-corrected chi connectivity index (χ2v) is 7.86. The van der Waals surface area contributed by atoms with Crippen LogP contribution < -0.4 is 10.1 Å². The van der Waals surface area contributed by atoms with Crippen LogP contribution >= 0.6 is 0 Å². The summed E-state index contributed by atoms with van der Waals surface area (Å²) in [4.78, 5) is 0. The van der Waals surface area contributed by atoms with Crippen molar-refractivity contribution in [2.24, 2.45) is 5.41 Å². The predicted octanol–water partition coefficient (Wildman–Crippen LogP) is 4.70. The second-order valence-electron chi connectivity index (χ2n) is 7.86. The number of benzene rings is 1. The van der Waals surface area contributed by atoms with Crippen molar-refractivity contribution in [1.82, 2.24) is 5.32 Å². The first kappa shape index (κ1) is 18.0. The molecule has 0 aliphatic rings. The van der Waals surface area contributed by atoms with E-state index in [9.17, 15) is 0 Å². The van der Waals surface area contributed by atoms with Gasteiger partial charge in [0.1, 0.15) is 5.75 Å². The number of hydrogen-bond donors (Lipinski definition) is 1. The fourth-order valence-electron chi connectivity index (χ4n) is 2.21. The van der Waals surface area contributed by atoms with Crippen molar-refractivity contribution in [2.45, 2.75) is 60.3 Å². The van der Waals surface area contributed by atoms with E-state index in [1.165, 1.54) is 17.5 Å². The van der Waals surface area contributed by atoms with Crippen LogP contribution in [-0.4, -0.2) is 19.7 Å². The summed E-state index contributed by atoms with van der Waals surface area (Å²) < 4.78 is 6.06. The highest BCUT2D eigenvalue weighted by atomic mass is 16.5. The molecule has 0 atom stereocenters. The van der Waals surface area contributed by atoms with Crippen LogP contribution in [0, 0.1) is 12.3 Å². The average Bonchev–Trinajstić information content (AvgIpc) is 2.36. The van der Waals surface area contributed by atoms with Gasteiger partial charge in [-0.1, -0.05) is 53.7 Å². The van der Waals surface area contributed by atoms with E-state index in [4.69, 9.17) is 4.74 Å². The van der Waals surface area contributed by atoms with Crippen molar-refractivity contribution in [1.29, 1.82) is 0 Å². The van der Waals surface area contributed by atoms with Crippen molar-refractivity contribution < 1.29 is 4.74 Å². The minimum absolute atomic E-state index is 0.143. The minimum atomic E-state index is 0.143. The Hall–Kier alpha value is -1.02. The molecule has 120 valence electrons. The maximum absolute atomic E-state index is 6.06. The van der Waals surface area contributed by atoms with Crippen molar-refractivity contribution in [3.8, 4) is 5.75 Å². The number of ether oxygens (including phenoxy) is 1. The molecule has 1 N–H and O–H groups in total. The number of hydrogen-bond acceptors (Lipinski definition) is 2. The highest BCUT2D eigenvalue weighted by molar-refractivity contribution is 5.38. The molecule has 2 heteroatoms. The summed E-state index contributed by atoms with van der Waals surface area (Å²) in [5, 5.41) is 3.48. The van der Waals surface area contributed by atoms with Gasteiger partial charge in [-0.25, -0.2) is 0 Å². The van der Waals surface area contributed by atoms with E-state index < -0.39 is 0 Å². The highest BCUT2D eigenvalue weighted by Gasteiger charge is 2.19. The third-order valence-electron chi connectivity index (χ3n) is 3.69. The lowest BCUT2D eigenvalue weighted by Crippen LogP contribution is -2.34. The van der Waals surface area contributed by atoms with Crippen LogP contribution in [0.2, 0.25) is 0 Å². The topological polar surface area (TPSA) is 21.3 Å². The molecule has 0 aliphatic heterocycles. The Morgan fingerprint density at radius 1 is 1.10 bits per heavy atom. The lowest BCUT2D eigenvalue weighted by molar-refractivity contribution is 0.175. The smallest absolute Gasteiger partial charge is 0.122 e. The molecule has 1 rings (SSSR count). The van der Waals surface area contributed by atoms with Crippen LogP contribution in [0.5, 0.6) is 5.75 Å². The van der Waals surface area contributed by atoms with Crippen molar-refractivity contribution in [2.75, 3.05) is 19.7 Å². The molecule has 0 aliphatic carbocycles. The first-order chi connectivity index (χ1) is 9.65. The maximum atomic E-state index is 6.06. The zero-order chi connectivity index (χ0) is 16.1. The van der Waals surface area contributed by atoms with Gasteiger partial charge in [0.15, 0.2) is 0 Å². The largest absolute Gasteiger partial charge is 0.493 e. The molecule has 0 amide bonds. The van der Waals surface area contributed by atoms with Crippen LogP contribution in [-0.2, 0) is 5.41 Å². The summed E-state index contributed by atoms with van der Waals surface area (Å²) in [7, 11) is 0. The maximum Gasteiger partial charge on any atom is 0.122 e. The van der Waals surface area contributed by atoms with E-state index in [0.29, 0.717) is 0 Å². The summed E-state index contributed by atoms with van der Waals surface area (Å²) in [6.45, 7) is 18.3. The fraction of sp³-hybridized carbons (Fsp3) is 0.684. The fourth-order valence-corrected chi connectivity index (χ4v) is 2.21. The summed E-state index contributed by atoms with van der Waals surface area (Å²) in [6.07, 6.45) is 1.17. The second kappa shape index (κ2) is 7.31. The number of nitrogens with one attached hydrogen (secondary N) is 1. The van der Waals surface area contributed by atoms with Crippen LogP contribution in [0.3, 0.4) is 0 Å². The molecule has 0 aromatic heterocycles. The zero-order valence-electron chi connectivity index (χ0n) is 15.0. The lowest BCUT2D eigenvalue weighted by Gasteiger charge is -2.26. The summed E-state index contributed by atoms with van der Waals surface area (Å²) >= 11 is 0. The molecule has 0 saturated carbocycles. The van der Waals surface area contributed by atoms with Gasteiger partial charge in [0.2, 0.25) is 0 Å². The normalized spacial score (nSPS) is 12.5. The third kappa shape index (κ3) is 6.09. The number of aryl methyl sites for hydroxylation is 1. The van der Waals surface area contributed by atoms with Gasteiger partial charge in [-0.15, -0.1) is 0 Å². The SMILES string of the molecule is CCCNCC(C)(C)COc1ccc(C(C)(C)C)cc1C. The van der Waals surface area contributed by atoms with Crippen molar-refractivity contribution >= 4 is 0 Å². The van der Waals surface area contributed by atoms with E-state index >= 15 is 0 Å². The van der Waals surface area contributed by atoms with Crippen LogP contribution in [0.25, 0.3) is 0 Å². The molecular weight excluding hydrogens is 258 g/mol. The highest BCUT2D eigenvalue weighted by Crippen LogP contribution is 2.28. The van der Waals surface area contributed by atoms with Crippen LogP contribution in [0.1, 0.15) is 59.1 Å². The average molecular weight is 291 g/mol. The quantitative estimate of drug-likeness (QED) is 0.735. The van der Waals surface area contributed by atoms with E-state index in [0.717, 1.165) is 25.4 Å². The molecule has 0 unspecified atom stereocenters. The molecular formula is C19H33NO. The Balaban J connectivity index is 2.63. The molecule has 0 fully saturated rings. The van der Waals surface area contributed by atoms with Gasteiger partial charge < -0.3 is 10.1 Å². The Bertz CT molecular complexity index is 443. The predicted molar refractivity (Wildman–Crippen MR) is 92.3 cm³/mol. The zero-order valence-corrected chi connectivity index (χ0v) is 15.0. The molecule has 0 spiro atoms. The monoisotopic (exact) mass is 291 g/mol. The van der Waals surface area contributed by atoms with Gasteiger partial charge in [0.25, 0.3) is 0 Å². The van der Waals surface area contributed by atoms with Gasteiger partial charge in [-0.05, 0) is 42.5 Å². The molecule has 1 aromatic rings. The summed E-state index contributed by atoms with van der Waals surface area (Å²) in [5.41, 5.74) is 2.91. The van der Waals surface area contributed by atoms with E-state index in [1.54, 1.807) is 0 Å². The molecule has 0 bridgehead atoms. The van der Waals surface area contributed by atoms with E-state index in [-0.39, 0.29) is 10.8 Å². The molecule has 0 heterocycles. The lowest BCUT2D eigenvalue weighted by atomic mass is 9.86. The number of rotatable bonds is 7. The molecule has 0 saturated heterocycles. The van der Waals surface area contributed by atoms with Gasteiger partial charge in [0.05, 0.1) is 6.61 Å². The Kier molecular flexibility index (Phi) is 6.27. The Morgan fingerprint density at radius 2 is 1.76 bits per heavy atom.